The number of hydrogen-bond donors (Lipinski definition) is 0. The molecule has 0 saturated carbocycles. The van der Waals surface area contributed by atoms with E-state index >= 15 is 0 Å². The van der Waals surface area contributed by atoms with E-state index in [1.165, 1.54) is 18.2 Å². The van der Waals surface area contributed by atoms with Gasteiger partial charge in [0, 0.05) is 40.8 Å². The Morgan fingerprint density at radius 3 is 1.65 bits per heavy atom. The number of fused-ring (bicyclic) bond motifs is 3. The first-order valence-electron chi connectivity index (χ1n) is 14.1. The zero-order valence-corrected chi connectivity index (χ0v) is 25.2. The summed E-state index contributed by atoms with van der Waals surface area (Å²) in [5.74, 6) is -0.0312. The van der Waals surface area contributed by atoms with Crippen molar-refractivity contribution in [2.45, 2.75) is 0 Å². The molecule has 2 heterocycles. The average molecular weight is 678 g/mol. The van der Waals surface area contributed by atoms with E-state index in [1.54, 1.807) is 48.5 Å². The molecule has 49 heavy (non-hydrogen) atoms. The van der Waals surface area contributed by atoms with Crippen molar-refractivity contribution in [3.05, 3.63) is 131 Å². The van der Waals surface area contributed by atoms with E-state index in [0.717, 1.165) is 24.3 Å². The van der Waals surface area contributed by atoms with Crippen molar-refractivity contribution in [1.29, 1.82) is 0 Å². The third kappa shape index (κ3) is 4.57. The summed E-state index contributed by atoms with van der Waals surface area (Å²) in [7, 11) is -4.38. The van der Waals surface area contributed by atoms with Crippen molar-refractivity contribution >= 4 is 52.1 Å². The summed E-state index contributed by atoms with van der Waals surface area (Å²) in [6.07, 6.45) is 0. The van der Waals surface area contributed by atoms with Gasteiger partial charge in [0.2, 0.25) is 0 Å². The Kier molecular flexibility index (Phi) is 6.19. The molecule has 1 atom stereocenters. The molecule has 0 aliphatic carbocycles. The lowest BCUT2D eigenvalue weighted by Gasteiger charge is -2.35. The monoisotopic (exact) mass is 678 g/mol. The second-order valence-electron chi connectivity index (χ2n) is 11.1. The van der Waals surface area contributed by atoms with Gasteiger partial charge in [-0.15, -0.1) is 0 Å². The van der Waals surface area contributed by atoms with Gasteiger partial charge in [-0.05, 0) is 45.7 Å². The van der Waals surface area contributed by atoms with Crippen molar-refractivity contribution in [2.24, 2.45) is 0 Å². The van der Waals surface area contributed by atoms with E-state index in [-0.39, 0.29) is 33.9 Å². The number of rotatable bonds is 7. The largest absolute Gasteiger partial charge is 0.647 e. The summed E-state index contributed by atoms with van der Waals surface area (Å²) in [4.78, 5) is 44.1. The molecule has 0 amide bonds. The van der Waals surface area contributed by atoms with Crippen LogP contribution in [0.2, 0.25) is 0 Å². The maximum Gasteiger partial charge on any atom is 0.647 e. The highest BCUT2D eigenvalue weighted by atomic mass is 31.2. The van der Waals surface area contributed by atoms with Crippen LogP contribution in [-0.4, -0.2) is 19.7 Å². The lowest BCUT2D eigenvalue weighted by Crippen LogP contribution is -2.18. The number of phosphoric ester groups is 1. The number of hydrogen-bond acceptors (Lipinski definition) is 12. The summed E-state index contributed by atoms with van der Waals surface area (Å²) >= 11 is 0. The van der Waals surface area contributed by atoms with Gasteiger partial charge < -0.3 is 13.6 Å². The topological polar surface area (TPSA) is 217 Å². The second-order valence-corrected chi connectivity index (χ2v) is 12.5. The third-order valence-corrected chi connectivity index (χ3v) is 9.45. The molecule has 3 bridgehead atoms. The van der Waals surface area contributed by atoms with Crippen LogP contribution in [0.4, 0.5) is 22.7 Å². The maximum absolute atomic E-state index is 13.8. The van der Waals surface area contributed by atoms with Gasteiger partial charge in [0.25, 0.3) is 22.7 Å². The van der Waals surface area contributed by atoms with E-state index < -0.39 is 50.3 Å². The Balaban J connectivity index is 1.52. The van der Waals surface area contributed by atoms with Crippen LogP contribution in [0.15, 0.2) is 91.0 Å². The van der Waals surface area contributed by atoms with Crippen molar-refractivity contribution in [3.63, 3.8) is 0 Å². The Morgan fingerprint density at radius 1 is 0.510 bits per heavy atom. The predicted octanol–water partition coefficient (Wildman–Crippen LogP) is 8.90. The molecule has 1 unspecified atom stereocenters. The van der Waals surface area contributed by atoms with E-state index in [4.69, 9.17) is 13.6 Å². The van der Waals surface area contributed by atoms with E-state index in [0.29, 0.717) is 38.2 Å². The summed E-state index contributed by atoms with van der Waals surface area (Å²) in [5.41, 5.74) is -0.964. The molecule has 0 aromatic heterocycles. The molecule has 2 aliphatic heterocycles. The Bertz CT molecular complexity index is 2540. The fourth-order valence-electron chi connectivity index (χ4n) is 6.24. The zero-order valence-electron chi connectivity index (χ0n) is 24.3. The van der Waals surface area contributed by atoms with Crippen molar-refractivity contribution in [1.82, 2.24) is 0 Å². The molecule has 2 aliphatic rings. The minimum absolute atomic E-state index is 0.0188. The van der Waals surface area contributed by atoms with Gasteiger partial charge in [-0.3, -0.25) is 40.5 Å². The standard InChI is InChI=1S/C32H15N4O12P/c37-33(38)20-9-18(10-21(14-20)34(39)40)17-8-16-4-1-2-5-24(16)26(13-17)29-25-6-3-7-27-30(25)32-28(31(29)47-49(45,46-27)48-32)19-11-22(35(41)42)15-23(12-19)36(43)44/h1-15H. The highest BCUT2D eigenvalue weighted by Crippen LogP contribution is 2.69. The number of phosphoric acid groups is 1. The lowest BCUT2D eigenvalue weighted by molar-refractivity contribution is -0.394. The van der Waals surface area contributed by atoms with Gasteiger partial charge in [0.15, 0.2) is 11.5 Å². The zero-order chi connectivity index (χ0) is 34.4. The first-order chi connectivity index (χ1) is 23.4. The van der Waals surface area contributed by atoms with E-state index in [2.05, 4.69) is 0 Å². The van der Waals surface area contributed by atoms with Crippen LogP contribution < -0.4 is 13.6 Å². The molecular weight excluding hydrogens is 663 g/mol. The summed E-state index contributed by atoms with van der Waals surface area (Å²) < 4.78 is 31.2. The van der Waals surface area contributed by atoms with Crippen molar-refractivity contribution in [3.8, 4) is 50.6 Å². The van der Waals surface area contributed by atoms with Gasteiger partial charge in [-0.1, -0.05) is 36.4 Å². The van der Waals surface area contributed by atoms with Gasteiger partial charge in [-0.2, -0.15) is 4.57 Å². The van der Waals surface area contributed by atoms with Gasteiger partial charge in [0.05, 0.1) is 42.8 Å². The Labute approximate surface area is 271 Å². The van der Waals surface area contributed by atoms with Crippen LogP contribution in [0.25, 0.3) is 54.9 Å². The van der Waals surface area contributed by atoms with Crippen LogP contribution in [-0.2, 0) is 4.57 Å². The fraction of sp³-hybridized carbons (Fsp3) is 0. The third-order valence-electron chi connectivity index (χ3n) is 8.22. The molecule has 8 rings (SSSR count). The van der Waals surface area contributed by atoms with Crippen LogP contribution in [0, 0.1) is 40.5 Å². The summed E-state index contributed by atoms with van der Waals surface area (Å²) in [5, 5.41) is 49.2. The second kappa shape index (κ2) is 10.3. The molecule has 0 radical (unpaired) electrons. The van der Waals surface area contributed by atoms with Crippen LogP contribution in [0.5, 0.6) is 17.2 Å². The molecule has 0 N–H and O–H groups in total. The SMILES string of the molecule is O=[N+]([O-])c1cc(-c2cc(-c3c4c(-c5cc([N+](=O)[O-])cc([N+](=O)[O-])c5)c5c6c(cccc36)OP(=O)(O4)O5)c3ccccc3c2)cc([N+](=O)[O-])c1. The van der Waals surface area contributed by atoms with Crippen molar-refractivity contribution in [2.75, 3.05) is 0 Å². The quantitative estimate of drug-likeness (QED) is 0.0878. The van der Waals surface area contributed by atoms with Gasteiger partial charge in [0.1, 0.15) is 5.75 Å². The summed E-state index contributed by atoms with van der Waals surface area (Å²) in [6, 6.07) is 21.5. The van der Waals surface area contributed by atoms with E-state index in [1.807, 2.05) is 0 Å². The van der Waals surface area contributed by atoms with Crippen LogP contribution in [0.3, 0.4) is 0 Å². The minimum Gasteiger partial charge on any atom is -0.385 e. The number of nitro groups is 4. The molecule has 240 valence electrons. The molecule has 0 spiro atoms. The molecule has 6 aromatic carbocycles. The number of benzene rings is 6. The fourth-order valence-corrected chi connectivity index (χ4v) is 7.56. The highest BCUT2D eigenvalue weighted by molar-refractivity contribution is 7.50. The molecular formula is C32H15N4O12P. The minimum atomic E-state index is -4.38. The van der Waals surface area contributed by atoms with E-state index in [9.17, 15) is 45.0 Å². The molecule has 0 saturated heterocycles. The van der Waals surface area contributed by atoms with Crippen LogP contribution in [0.1, 0.15) is 0 Å². The number of non-ortho nitro benzene ring substituents is 4. The number of nitro benzene ring substituents is 4. The molecule has 17 heteroatoms. The first kappa shape index (κ1) is 29.5. The molecule has 6 aromatic rings. The predicted molar refractivity (Wildman–Crippen MR) is 174 cm³/mol. The first-order valence-corrected chi connectivity index (χ1v) is 15.6. The van der Waals surface area contributed by atoms with Crippen LogP contribution >= 0.6 is 7.82 Å². The molecule has 0 fully saturated rings. The smallest absolute Gasteiger partial charge is 0.385 e. The Hall–Kier alpha value is -6.93. The van der Waals surface area contributed by atoms with Crippen molar-refractivity contribution < 1.29 is 37.8 Å². The van der Waals surface area contributed by atoms with Gasteiger partial charge >= 0.3 is 7.82 Å². The Morgan fingerprint density at radius 2 is 1.04 bits per heavy atom. The highest BCUT2D eigenvalue weighted by Gasteiger charge is 2.48. The normalized spacial score (nSPS) is 15.4. The molecule has 16 nitrogen and oxygen atoms in total. The summed E-state index contributed by atoms with van der Waals surface area (Å²) in [6.45, 7) is 0. The van der Waals surface area contributed by atoms with Gasteiger partial charge in [-0.25, -0.2) is 0 Å². The maximum atomic E-state index is 13.8. The lowest BCUT2D eigenvalue weighted by atomic mass is 9.86. The number of nitrogens with zero attached hydrogens (tertiary/aromatic N) is 4. The average Bonchev–Trinajstić information content (AvgIpc) is 3.07.